The molecule has 1 N–H and O–H groups in total. The molecule has 0 unspecified atom stereocenters. The third kappa shape index (κ3) is 3.75. The fourth-order valence-electron chi connectivity index (χ4n) is 3.30. The van der Waals surface area contributed by atoms with Crippen LogP contribution in [0.5, 0.6) is 0 Å². The Morgan fingerprint density at radius 1 is 1.48 bits per heavy atom. The highest BCUT2D eigenvalue weighted by atomic mass is 32.2. The third-order valence-electron chi connectivity index (χ3n) is 4.73. The van der Waals surface area contributed by atoms with Gasteiger partial charge in [0, 0.05) is 37.0 Å². The maximum absolute atomic E-state index is 12.7. The summed E-state index contributed by atoms with van der Waals surface area (Å²) in [6.07, 6.45) is 6.99. The summed E-state index contributed by atoms with van der Waals surface area (Å²) in [6, 6.07) is 6.00. The number of hydrogen-bond acceptors (Lipinski definition) is 4. The van der Waals surface area contributed by atoms with Crippen molar-refractivity contribution in [2.24, 2.45) is 7.05 Å². The molecule has 5 nitrogen and oxygen atoms in total. The van der Waals surface area contributed by atoms with E-state index in [9.17, 15) is 4.79 Å². The summed E-state index contributed by atoms with van der Waals surface area (Å²) < 4.78 is 7.48. The Morgan fingerprint density at radius 2 is 2.28 bits per heavy atom. The van der Waals surface area contributed by atoms with Crippen molar-refractivity contribution in [1.29, 1.82) is 0 Å². The summed E-state index contributed by atoms with van der Waals surface area (Å²) in [7, 11) is 1.89. The Morgan fingerprint density at radius 3 is 2.92 bits per heavy atom. The highest BCUT2D eigenvalue weighted by molar-refractivity contribution is 7.99. The lowest BCUT2D eigenvalue weighted by atomic mass is 9.88. The van der Waals surface area contributed by atoms with Crippen LogP contribution in [0.2, 0.25) is 0 Å². The molecule has 3 rings (SSSR count). The molecule has 6 heteroatoms. The molecule has 2 aromatic rings. The Kier molecular flexibility index (Phi) is 5.49. The summed E-state index contributed by atoms with van der Waals surface area (Å²) in [4.78, 5) is 12.7. The molecule has 0 bridgehead atoms. The van der Waals surface area contributed by atoms with Crippen LogP contribution in [0.25, 0.3) is 11.1 Å². The van der Waals surface area contributed by atoms with Gasteiger partial charge in [0.2, 0.25) is 0 Å². The molecule has 1 aromatic carbocycles. The van der Waals surface area contributed by atoms with Gasteiger partial charge >= 0.3 is 0 Å². The van der Waals surface area contributed by atoms with Crippen molar-refractivity contribution in [3.63, 3.8) is 0 Å². The first-order valence-corrected chi connectivity index (χ1v) is 9.87. The maximum Gasteiger partial charge on any atom is 0.251 e. The second kappa shape index (κ2) is 7.62. The first kappa shape index (κ1) is 18.0. The van der Waals surface area contributed by atoms with Crippen LogP contribution in [0.15, 0.2) is 30.6 Å². The van der Waals surface area contributed by atoms with E-state index in [1.54, 1.807) is 16.4 Å². The van der Waals surface area contributed by atoms with Crippen LogP contribution >= 0.6 is 11.8 Å². The zero-order valence-corrected chi connectivity index (χ0v) is 16.0. The van der Waals surface area contributed by atoms with Gasteiger partial charge in [0.05, 0.1) is 17.6 Å². The van der Waals surface area contributed by atoms with E-state index < -0.39 is 0 Å². The number of carbonyl (C=O) groups excluding carboxylic acids is 1. The molecule has 134 valence electrons. The van der Waals surface area contributed by atoms with Crippen molar-refractivity contribution in [2.75, 3.05) is 12.9 Å². The molecule has 25 heavy (non-hydrogen) atoms. The Labute approximate surface area is 153 Å². The summed E-state index contributed by atoms with van der Waals surface area (Å²) >= 11 is 1.76. The van der Waals surface area contributed by atoms with Gasteiger partial charge in [-0.2, -0.15) is 16.9 Å². The van der Waals surface area contributed by atoms with Gasteiger partial charge in [-0.15, -0.1) is 0 Å². The van der Waals surface area contributed by atoms with Crippen molar-refractivity contribution in [3.8, 4) is 11.1 Å². The predicted octanol–water partition coefficient (Wildman–Crippen LogP) is 3.03. The normalized spacial score (nSPS) is 22.5. The minimum Gasteiger partial charge on any atom is -0.377 e. The SMILES string of the molecule is CCO[C@@H]1C[C@@H](NC(=O)c2ccc(C)c(-c3cnn(C)c3)c2)[C@@H]1SC. The highest BCUT2D eigenvalue weighted by Crippen LogP contribution is 2.33. The lowest BCUT2D eigenvalue weighted by Gasteiger charge is -2.43. The molecular formula is C19H25N3O2S. The zero-order valence-electron chi connectivity index (χ0n) is 15.2. The van der Waals surface area contributed by atoms with Crippen molar-refractivity contribution in [1.82, 2.24) is 15.1 Å². The molecule has 1 amide bonds. The van der Waals surface area contributed by atoms with Crippen molar-refractivity contribution < 1.29 is 9.53 Å². The molecule has 1 aliphatic carbocycles. The van der Waals surface area contributed by atoms with Crippen LogP contribution in [-0.2, 0) is 11.8 Å². The number of amides is 1. The number of rotatable bonds is 6. The molecule has 1 heterocycles. The number of aryl methyl sites for hydroxylation is 2. The van der Waals surface area contributed by atoms with E-state index in [1.165, 1.54) is 0 Å². The predicted molar refractivity (Wildman–Crippen MR) is 102 cm³/mol. The quantitative estimate of drug-likeness (QED) is 0.861. The van der Waals surface area contributed by atoms with E-state index in [0.29, 0.717) is 10.8 Å². The Balaban J connectivity index is 1.73. The van der Waals surface area contributed by atoms with Gasteiger partial charge in [0.15, 0.2) is 0 Å². The number of nitrogens with one attached hydrogen (secondary N) is 1. The number of hydrogen-bond donors (Lipinski definition) is 1. The second-order valence-electron chi connectivity index (χ2n) is 6.44. The van der Waals surface area contributed by atoms with Crippen LogP contribution in [0.3, 0.4) is 0 Å². The standard InChI is InChI=1S/C19H25N3O2S/c1-5-24-17-9-16(18(17)25-4)21-19(23)13-7-6-12(2)15(8-13)14-10-20-22(3)11-14/h6-8,10-11,16-18H,5,9H2,1-4H3,(H,21,23)/t16-,17-,18+/m1/s1. The number of aromatic nitrogens is 2. The molecule has 1 aliphatic rings. The minimum absolute atomic E-state index is 0.0239. The van der Waals surface area contributed by atoms with Gasteiger partial charge in [0.25, 0.3) is 5.91 Å². The molecule has 1 saturated carbocycles. The van der Waals surface area contributed by atoms with E-state index in [1.807, 2.05) is 51.5 Å². The van der Waals surface area contributed by atoms with Gasteiger partial charge < -0.3 is 10.1 Å². The summed E-state index contributed by atoms with van der Waals surface area (Å²) in [6.45, 7) is 4.77. The van der Waals surface area contributed by atoms with E-state index >= 15 is 0 Å². The number of nitrogens with zero attached hydrogens (tertiary/aromatic N) is 2. The number of carbonyl (C=O) groups is 1. The monoisotopic (exact) mass is 359 g/mol. The van der Waals surface area contributed by atoms with Crippen LogP contribution in [-0.4, -0.2) is 45.9 Å². The van der Waals surface area contributed by atoms with Gasteiger partial charge in [-0.25, -0.2) is 0 Å². The first-order valence-electron chi connectivity index (χ1n) is 8.58. The Bertz CT molecular complexity index is 759. The Hall–Kier alpha value is -1.79. The number of ether oxygens (including phenoxy) is 1. The molecule has 0 aliphatic heterocycles. The van der Waals surface area contributed by atoms with Crippen molar-refractivity contribution in [2.45, 2.75) is 37.7 Å². The smallest absolute Gasteiger partial charge is 0.251 e. The lowest BCUT2D eigenvalue weighted by Crippen LogP contribution is -2.58. The topological polar surface area (TPSA) is 56.1 Å². The molecule has 0 spiro atoms. The molecule has 3 atom stereocenters. The summed E-state index contributed by atoms with van der Waals surface area (Å²) in [5.74, 6) is -0.0239. The fourth-order valence-corrected chi connectivity index (χ4v) is 4.30. The van der Waals surface area contributed by atoms with Gasteiger partial charge in [0.1, 0.15) is 0 Å². The third-order valence-corrected chi connectivity index (χ3v) is 5.91. The zero-order chi connectivity index (χ0) is 18.0. The first-order chi connectivity index (χ1) is 12.0. The number of thioether (sulfide) groups is 1. The van der Waals surface area contributed by atoms with Crippen LogP contribution in [0, 0.1) is 6.92 Å². The average Bonchev–Trinajstić information content (AvgIpc) is 3.00. The molecule has 0 saturated heterocycles. The second-order valence-corrected chi connectivity index (χ2v) is 7.46. The van der Waals surface area contributed by atoms with Crippen LogP contribution < -0.4 is 5.32 Å². The number of benzene rings is 1. The van der Waals surface area contributed by atoms with Crippen molar-refractivity contribution in [3.05, 3.63) is 41.7 Å². The van der Waals surface area contributed by atoms with E-state index in [2.05, 4.69) is 16.7 Å². The van der Waals surface area contributed by atoms with Crippen LogP contribution in [0.4, 0.5) is 0 Å². The molecule has 1 aromatic heterocycles. The molecular weight excluding hydrogens is 334 g/mol. The highest BCUT2D eigenvalue weighted by Gasteiger charge is 2.42. The summed E-state index contributed by atoms with van der Waals surface area (Å²) in [5, 5.41) is 7.72. The molecule has 1 fully saturated rings. The van der Waals surface area contributed by atoms with E-state index in [4.69, 9.17) is 4.74 Å². The lowest BCUT2D eigenvalue weighted by molar-refractivity contribution is -0.00197. The average molecular weight is 359 g/mol. The fraction of sp³-hybridized carbons (Fsp3) is 0.474. The molecule has 0 radical (unpaired) electrons. The minimum atomic E-state index is -0.0239. The van der Waals surface area contributed by atoms with Crippen LogP contribution in [0.1, 0.15) is 29.3 Å². The van der Waals surface area contributed by atoms with E-state index in [-0.39, 0.29) is 18.1 Å². The summed E-state index contributed by atoms with van der Waals surface area (Å²) in [5.41, 5.74) is 3.88. The van der Waals surface area contributed by atoms with Gasteiger partial charge in [-0.3, -0.25) is 9.48 Å². The van der Waals surface area contributed by atoms with Gasteiger partial charge in [-0.05, 0) is 49.8 Å². The van der Waals surface area contributed by atoms with Crippen molar-refractivity contribution >= 4 is 17.7 Å². The largest absolute Gasteiger partial charge is 0.377 e. The van der Waals surface area contributed by atoms with E-state index in [0.717, 1.165) is 29.7 Å². The maximum atomic E-state index is 12.7. The van der Waals surface area contributed by atoms with Gasteiger partial charge in [-0.1, -0.05) is 6.07 Å².